The van der Waals surface area contributed by atoms with E-state index >= 15 is 0 Å². The maximum Gasteiger partial charge on any atom is 0.387 e. The highest BCUT2D eigenvalue weighted by atomic mass is 79.9. The second-order valence-electron chi connectivity index (χ2n) is 6.46. The Labute approximate surface area is 165 Å². The monoisotopic (exact) mass is 439 g/mol. The van der Waals surface area contributed by atoms with Gasteiger partial charge in [-0.1, -0.05) is 34.1 Å². The van der Waals surface area contributed by atoms with Crippen molar-refractivity contribution in [3.05, 3.63) is 58.1 Å². The highest BCUT2D eigenvalue weighted by Gasteiger charge is 2.51. The van der Waals surface area contributed by atoms with Crippen molar-refractivity contribution in [3.8, 4) is 11.5 Å². The number of methoxy groups -OCH3 is 1. The number of halogens is 3. The quantitative estimate of drug-likeness (QED) is 0.660. The molecule has 0 atom stereocenters. The molecule has 2 aromatic carbocycles. The number of amides is 1. The summed E-state index contributed by atoms with van der Waals surface area (Å²) >= 11 is 3.44. The third-order valence-electron chi connectivity index (χ3n) is 4.71. The van der Waals surface area contributed by atoms with Crippen molar-refractivity contribution in [3.63, 3.8) is 0 Å². The Kier molecular flexibility index (Phi) is 5.99. The number of alkyl halides is 2. The fraction of sp³-hybridized carbons (Fsp3) is 0.350. The van der Waals surface area contributed by atoms with E-state index in [9.17, 15) is 13.6 Å². The zero-order valence-corrected chi connectivity index (χ0v) is 16.4. The molecule has 4 nitrogen and oxygen atoms in total. The molecule has 144 valence electrons. The third kappa shape index (κ3) is 4.58. The smallest absolute Gasteiger partial charge is 0.387 e. The first-order valence-corrected chi connectivity index (χ1v) is 9.40. The second-order valence-corrected chi connectivity index (χ2v) is 7.38. The van der Waals surface area contributed by atoms with Crippen LogP contribution >= 0.6 is 15.9 Å². The van der Waals surface area contributed by atoms with Crippen LogP contribution in [0.5, 0.6) is 11.5 Å². The Balaban J connectivity index is 1.60. The van der Waals surface area contributed by atoms with Crippen LogP contribution in [0.3, 0.4) is 0 Å². The molecule has 2 aromatic rings. The molecule has 7 heteroatoms. The van der Waals surface area contributed by atoms with Crippen LogP contribution in [0.2, 0.25) is 0 Å². The van der Waals surface area contributed by atoms with Gasteiger partial charge in [0.25, 0.3) is 0 Å². The van der Waals surface area contributed by atoms with E-state index in [4.69, 9.17) is 4.74 Å². The lowest BCUT2D eigenvalue weighted by Crippen LogP contribution is -2.35. The van der Waals surface area contributed by atoms with E-state index in [2.05, 4.69) is 26.0 Å². The topological polar surface area (TPSA) is 47.6 Å². The molecule has 0 radical (unpaired) electrons. The molecular formula is C20H20BrF2NO3. The van der Waals surface area contributed by atoms with E-state index in [0.29, 0.717) is 13.0 Å². The van der Waals surface area contributed by atoms with Gasteiger partial charge in [0.2, 0.25) is 5.91 Å². The Morgan fingerprint density at radius 1 is 1.22 bits per heavy atom. The van der Waals surface area contributed by atoms with E-state index in [1.54, 1.807) is 12.1 Å². The van der Waals surface area contributed by atoms with Gasteiger partial charge in [0.05, 0.1) is 12.5 Å². The summed E-state index contributed by atoms with van der Waals surface area (Å²) in [5, 5.41) is 2.97. The van der Waals surface area contributed by atoms with Crippen molar-refractivity contribution < 1.29 is 23.0 Å². The Morgan fingerprint density at radius 3 is 2.63 bits per heavy atom. The van der Waals surface area contributed by atoms with Crippen LogP contribution in [0, 0.1) is 0 Å². The van der Waals surface area contributed by atoms with E-state index in [1.807, 2.05) is 24.3 Å². The van der Waals surface area contributed by atoms with E-state index in [-0.39, 0.29) is 17.4 Å². The van der Waals surface area contributed by atoms with Crippen LogP contribution in [0.15, 0.2) is 46.9 Å². The Bertz CT molecular complexity index is 825. The van der Waals surface area contributed by atoms with Gasteiger partial charge in [0, 0.05) is 11.0 Å². The molecule has 0 heterocycles. The minimum Gasteiger partial charge on any atom is -0.493 e. The summed E-state index contributed by atoms with van der Waals surface area (Å²) in [5.74, 6) is 0.233. The van der Waals surface area contributed by atoms with Gasteiger partial charge >= 0.3 is 6.61 Å². The lowest BCUT2D eigenvalue weighted by atomic mass is 9.95. The number of hydrogen-bond acceptors (Lipinski definition) is 3. The van der Waals surface area contributed by atoms with Crippen LogP contribution in [-0.2, 0) is 16.6 Å². The normalized spacial score (nSPS) is 14.7. The van der Waals surface area contributed by atoms with Gasteiger partial charge in [-0.2, -0.15) is 8.78 Å². The Hall–Kier alpha value is -2.15. The molecule has 1 N–H and O–H groups in total. The standard InChI is InChI=1S/C20H20BrF2NO3/c1-26-16-6-5-13(11-17(16)27-19(22)23)7-10-24-18(25)20(8-9-20)14-3-2-4-15(21)12-14/h2-6,11-12,19H,7-10H2,1H3,(H,24,25). The van der Waals surface area contributed by atoms with E-state index in [1.165, 1.54) is 13.2 Å². The predicted octanol–water partition coefficient (Wildman–Crippen LogP) is 4.45. The fourth-order valence-electron chi connectivity index (χ4n) is 3.11. The fourth-order valence-corrected chi connectivity index (χ4v) is 3.51. The Morgan fingerprint density at radius 2 is 2.00 bits per heavy atom. The van der Waals surface area contributed by atoms with Crippen LogP contribution in [0.25, 0.3) is 0 Å². The molecule has 1 fully saturated rings. The average Bonchev–Trinajstić information content (AvgIpc) is 3.43. The molecule has 0 saturated heterocycles. The highest BCUT2D eigenvalue weighted by molar-refractivity contribution is 9.10. The molecule has 0 spiro atoms. The van der Waals surface area contributed by atoms with E-state index < -0.39 is 12.0 Å². The van der Waals surface area contributed by atoms with Gasteiger partial charge in [0.1, 0.15) is 0 Å². The molecule has 0 unspecified atom stereocenters. The van der Waals surface area contributed by atoms with Gasteiger partial charge < -0.3 is 14.8 Å². The van der Waals surface area contributed by atoms with Crippen LogP contribution < -0.4 is 14.8 Å². The summed E-state index contributed by atoms with van der Waals surface area (Å²) in [6.45, 7) is -2.51. The summed E-state index contributed by atoms with van der Waals surface area (Å²) in [6.07, 6.45) is 2.15. The van der Waals surface area contributed by atoms with Crippen LogP contribution in [0.1, 0.15) is 24.0 Å². The number of carbonyl (C=O) groups is 1. The number of nitrogens with one attached hydrogen (secondary N) is 1. The lowest BCUT2D eigenvalue weighted by molar-refractivity contribution is -0.123. The molecule has 1 aliphatic carbocycles. The minimum absolute atomic E-state index is 0.00170. The predicted molar refractivity (Wildman–Crippen MR) is 101 cm³/mol. The maximum atomic E-state index is 12.7. The molecule has 3 rings (SSSR count). The molecule has 1 amide bonds. The molecule has 27 heavy (non-hydrogen) atoms. The van der Waals surface area contributed by atoms with Crippen molar-refractivity contribution in [2.75, 3.05) is 13.7 Å². The lowest BCUT2D eigenvalue weighted by Gasteiger charge is -2.16. The molecule has 0 bridgehead atoms. The summed E-state index contributed by atoms with van der Waals surface area (Å²) in [7, 11) is 1.39. The van der Waals surface area contributed by atoms with Crippen molar-refractivity contribution in [1.29, 1.82) is 0 Å². The largest absolute Gasteiger partial charge is 0.493 e. The molecule has 0 aromatic heterocycles. The van der Waals surface area contributed by atoms with Crippen molar-refractivity contribution in [2.45, 2.75) is 31.3 Å². The minimum atomic E-state index is -2.92. The SMILES string of the molecule is COc1ccc(CCNC(=O)C2(c3cccc(Br)c3)CC2)cc1OC(F)F. The second kappa shape index (κ2) is 8.25. The third-order valence-corrected chi connectivity index (χ3v) is 5.20. The molecule has 1 saturated carbocycles. The van der Waals surface area contributed by atoms with E-state index in [0.717, 1.165) is 28.4 Å². The zero-order valence-electron chi connectivity index (χ0n) is 14.8. The van der Waals surface area contributed by atoms with Crippen molar-refractivity contribution in [2.24, 2.45) is 0 Å². The molecular weight excluding hydrogens is 420 g/mol. The average molecular weight is 440 g/mol. The highest BCUT2D eigenvalue weighted by Crippen LogP contribution is 2.48. The zero-order chi connectivity index (χ0) is 19.4. The number of ether oxygens (including phenoxy) is 2. The van der Waals surface area contributed by atoms with Crippen LogP contribution in [-0.4, -0.2) is 26.2 Å². The van der Waals surface area contributed by atoms with Gasteiger partial charge in [-0.15, -0.1) is 0 Å². The first-order chi connectivity index (χ1) is 12.9. The summed E-state index contributed by atoms with van der Waals surface area (Å²) in [5.41, 5.74) is 1.33. The van der Waals surface area contributed by atoms with Gasteiger partial charge in [-0.25, -0.2) is 0 Å². The number of benzene rings is 2. The molecule has 1 aliphatic rings. The number of rotatable bonds is 8. The maximum absolute atomic E-state index is 12.7. The molecule has 0 aliphatic heterocycles. The number of carbonyl (C=O) groups excluding carboxylic acids is 1. The summed E-state index contributed by atoms with van der Waals surface area (Å²) in [6, 6.07) is 12.7. The van der Waals surface area contributed by atoms with Gasteiger partial charge in [0.15, 0.2) is 11.5 Å². The first-order valence-electron chi connectivity index (χ1n) is 8.61. The first kappa shape index (κ1) is 19.6. The summed E-state index contributed by atoms with van der Waals surface area (Å²) < 4.78 is 35.5. The van der Waals surface area contributed by atoms with Gasteiger partial charge in [-0.3, -0.25) is 4.79 Å². The summed E-state index contributed by atoms with van der Waals surface area (Å²) in [4.78, 5) is 12.7. The van der Waals surface area contributed by atoms with Crippen LogP contribution in [0.4, 0.5) is 8.78 Å². The van der Waals surface area contributed by atoms with Crippen molar-refractivity contribution >= 4 is 21.8 Å². The van der Waals surface area contributed by atoms with Crippen molar-refractivity contribution in [1.82, 2.24) is 5.32 Å². The van der Waals surface area contributed by atoms with Gasteiger partial charge in [-0.05, 0) is 54.7 Å². The number of hydrogen-bond donors (Lipinski definition) is 1.